The zero-order valence-electron chi connectivity index (χ0n) is 21.9. The van der Waals surface area contributed by atoms with Crippen LogP contribution in [0, 0.1) is 45.8 Å². The largest absolute Gasteiger partial charge is 0.390 e. The maximum absolute atomic E-state index is 11.0. The number of fused-ring (bicyclic) bond motifs is 5. The Hall–Kier alpha value is -0.300. The first-order valence-corrected chi connectivity index (χ1v) is 13.8. The second-order valence-corrected chi connectivity index (χ2v) is 14.2. The van der Waals surface area contributed by atoms with E-state index in [-0.39, 0.29) is 0 Å². The highest BCUT2D eigenvalue weighted by Crippen LogP contribution is 2.67. The molecule has 0 aromatic rings. The quantitative estimate of drug-likeness (QED) is 0.435. The normalized spacial score (nSPS) is 46.0. The molecule has 31 heavy (non-hydrogen) atoms. The van der Waals surface area contributed by atoms with Crippen LogP contribution in [0.5, 0.6) is 0 Å². The SMILES string of the molecule is CC[C@]1(O)CC[C@@]2(C)C(=CC[C@H]3[C@@H]4CC[C@H]([C@H](C)CCCC(C)(C)C)[C@@]4(C)CC[C@@H]32)C1. The molecule has 178 valence electrons. The summed E-state index contributed by atoms with van der Waals surface area (Å²) in [5, 5.41) is 11.0. The van der Waals surface area contributed by atoms with Crippen LogP contribution in [0.1, 0.15) is 126 Å². The Kier molecular flexibility index (Phi) is 6.29. The molecule has 4 aliphatic carbocycles. The molecule has 0 aliphatic heterocycles. The fraction of sp³-hybridized carbons (Fsp3) is 0.933. The van der Waals surface area contributed by atoms with Gasteiger partial charge in [0.25, 0.3) is 0 Å². The van der Waals surface area contributed by atoms with E-state index in [0.717, 1.165) is 48.9 Å². The fourth-order valence-electron chi connectivity index (χ4n) is 9.14. The van der Waals surface area contributed by atoms with E-state index < -0.39 is 5.60 Å². The van der Waals surface area contributed by atoms with Gasteiger partial charge in [0.05, 0.1) is 5.60 Å². The van der Waals surface area contributed by atoms with Crippen molar-refractivity contribution in [1.29, 1.82) is 0 Å². The molecule has 1 heteroatoms. The van der Waals surface area contributed by atoms with Gasteiger partial charge in [0, 0.05) is 0 Å². The Morgan fingerprint density at radius 3 is 2.48 bits per heavy atom. The van der Waals surface area contributed by atoms with E-state index >= 15 is 0 Å². The minimum atomic E-state index is -0.428. The van der Waals surface area contributed by atoms with E-state index in [9.17, 15) is 5.11 Å². The van der Waals surface area contributed by atoms with Gasteiger partial charge in [0.1, 0.15) is 0 Å². The fourth-order valence-corrected chi connectivity index (χ4v) is 9.14. The predicted molar refractivity (Wildman–Crippen MR) is 133 cm³/mol. The minimum Gasteiger partial charge on any atom is -0.390 e. The van der Waals surface area contributed by atoms with Gasteiger partial charge in [0.2, 0.25) is 0 Å². The van der Waals surface area contributed by atoms with Crippen LogP contribution in [0.25, 0.3) is 0 Å². The first kappa shape index (κ1) is 23.8. The van der Waals surface area contributed by atoms with Gasteiger partial charge in [-0.1, -0.05) is 73.0 Å². The summed E-state index contributed by atoms with van der Waals surface area (Å²) < 4.78 is 0. The molecule has 3 saturated carbocycles. The summed E-state index contributed by atoms with van der Waals surface area (Å²) in [6, 6.07) is 0. The highest BCUT2D eigenvalue weighted by Gasteiger charge is 2.59. The number of aliphatic hydroxyl groups is 1. The maximum atomic E-state index is 11.0. The predicted octanol–water partition coefficient (Wildman–Crippen LogP) is 8.56. The zero-order chi connectivity index (χ0) is 22.7. The van der Waals surface area contributed by atoms with Crippen LogP contribution in [-0.2, 0) is 0 Å². The molecular formula is C30H52O. The average Bonchev–Trinajstić information content (AvgIpc) is 3.05. The Morgan fingerprint density at radius 1 is 1.06 bits per heavy atom. The van der Waals surface area contributed by atoms with Crippen LogP contribution in [0.2, 0.25) is 0 Å². The Morgan fingerprint density at radius 2 is 1.81 bits per heavy atom. The van der Waals surface area contributed by atoms with E-state index in [1.807, 2.05) is 0 Å². The van der Waals surface area contributed by atoms with Gasteiger partial charge < -0.3 is 5.11 Å². The molecule has 0 bridgehead atoms. The van der Waals surface area contributed by atoms with Gasteiger partial charge in [-0.3, -0.25) is 0 Å². The molecule has 1 N–H and O–H groups in total. The smallest absolute Gasteiger partial charge is 0.0682 e. The summed E-state index contributed by atoms with van der Waals surface area (Å²) in [4.78, 5) is 0. The molecule has 4 aliphatic rings. The van der Waals surface area contributed by atoms with E-state index in [4.69, 9.17) is 0 Å². The van der Waals surface area contributed by atoms with Crippen molar-refractivity contribution in [3.05, 3.63) is 11.6 Å². The third kappa shape index (κ3) is 4.20. The van der Waals surface area contributed by atoms with Crippen LogP contribution < -0.4 is 0 Å². The van der Waals surface area contributed by atoms with Crippen LogP contribution in [0.3, 0.4) is 0 Å². The molecular weight excluding hydrogens is 376 g/mol. The second kappa shape index (κ2) is 8.18. The molecule has 0 amide bonds. The number of hydrogen-bond acceptors (Lipinski definition) is 1. The summed E-state index contributed by atoms with van der Waals surface area (Å²) in [6.07, 6.45) is 18.0. The highest BCUT2D eigenvalue weighted by molar-refractivity contribution is 5.27. The van der Waals surface area contributed by atoms with Crippen molar-refractivity contribution in [2.24, 2.45) is 45.8 Å². The van der Waals surface area contributed by atoms with Crippen molar-refractivity contribution >= 4 is 0 Å². The van der Waals surface area contributed by atoms with Gasteiger partial charge in [-0.15, -0.1) is 0 Å². The molecule has 0 radical (unpaired) electrons. The summed E-state index contributed by atoms with van der Waals surface area (Å²) >= 11 is 0. The summed E-state index contributed by atoms with van der Waals surface area (Å²) in [5.41, 5.74) is 2.61. The Labute approximate surface area is 193 Å². The van der Waals surface area contributed by atoms with Crippen LogP contribution in [-0.4, -0.2) is 10.7 Å². The zero-order valence-corrected chi connectivity index (χ0v) is 21.9. The third-order valence-electron chi connectivity index (χ3n) is 11.3. The average molecular weight is 429 g/mol. The van der Waals surface area contributed by atoms with Crippen molar-refractivity contribution in [2.75, 3.05) is 0 Å². The van der Waals surface area contributed by atoms with Gasteiger partial charge in [-0.05, 0) is 110 Å². The summed E-state index contributed by atoms with van der Waals surface area (Å²) in [5.74, 6) is 4.51. The van der Waals surface area contributed by atoms with E-state index in [1.54, 1.807) is 5.57 Å². The molecule has 3 fully saturated rings. The number of allylic oxidation sites excluding steroid dienone is 1. The number of rotatable bonds is 5. The van der Waals surface area contributed by atoms with Crippen molar-refractivity contribution < 1.29 is 5.11 Å². The van der Waals surface area contributed by atoms with E-state index in [2.05, 4.69) is 54.5 Å². The lowest BCUT2D eigenvalue weighted by molar-refractivity contribution is -0.0755. The van der Waals surface area contributed by atoms with Crippen LogP contribution >= 0.6 is 0 Å². The molecule has 8 atom stereocenters. The lowest BCUT2D eigenvalue weighted by atomic mass is 9.46. The molecule has 1 nitrogen and oxygen atoms in total. The maximum Gasteiger partial charge on any atom is 0.0682 e. The monoisotopic (exact) mass is 428 g/mol. The molecule has 0 aromatic carbocycles. The first-order valence-electron chi connectivity index (χ1n) is 13.8. The van der Waals surface area contributed by atoms with Crippen molar-refractivity contribution in [3.63, 3.8) is 0 Å². The van der Waals surface area contributed by atoms with Crippen LogP contribution in [0.4, 0.5) is 0 Å². The second-order valence-electron chi connectivity index (χ2n) is 14.2. The van der Waals surface area contributed by atoms with Gasteiger partial charge in [-0.25, -0.2) is 0 Å². The van der Waals surface area contributed by atoms with Crippen molar-refractivity contribution in [3.8, 4) is 0 Å². The van der Waals surface area contributed by atoms with E-state index in [1.165, 1.54) is 57.8 Å². The summed E-state index contributed by atoms with van der Waals surface area (Å²) in [6.45, 7) is 17.2. The Balaban J connectivity index is 1.48. The summed E-state index contributed by atoms with van der Waals surface area (Å²) in [7, 11) is 0. The van der Waals surface area contributed by atoms with Gasteiger partial charge >= 0.3 is 0 Å². The molecule has 0 unspecified atom stereocenters. The molecule has 4 rings (SSSR count). The topological polar surface area (TPSA) is 20.2 Å². The van der Waals surface area contributed by atoms with Crippen LogP contribution in [0.15, 0.2) is 11.6 Å². The van der Waals surface area contributed by atoms with E-state index in [0.29, 0.717) is 16.2 Å². The highest BCUT2D eigenvalue weighted by atomic mass is 16.3. The molecule has 0 spiro atoms. The van der Waals surface area contributed by atoms with Crippen molar-refractivity contribution in [2.45, 2.75) is 131 Å². The number of hydrogen-bond donors (Lipinski definition) is 1. The van der Waals surface area contributed by atoms with Gasteiger partial charge in [0.15, 0.2) is 0 Å². The Bertz CT molecular complexity index is 685. The molecule has 0 aromatic heterocycles. The minimum absolute atomic E-state index is 0.363. The third-order valence-corrected chi connectivity index (χ3v) is 11.3. The lowest BCUT2D eigenvalue weighted by Gasteiger charge is -2.59. The van der Waals surface area contributed by atoms with Gasteiger partial charge in [-0.2, -0.15) is 0 Å². The standard InChI is InChI=1S/C30H52O/c1-8-30(31)19-18-28(6)22(20-30)11-12-23-25-14-13-24(29(25,7)17-15-26(23)28)21(2)10-9-16-27(3,4)5/h11,21,23-26,31H,8-10,12-20H2,1-7H3/t21-,23+,24-,25+,26+,28+,29-,30+/m1/s1. The lowest BCUT2D eigenvalue weighted by Crippen LogP contribution is -2.52. The van der Waals surface area contributed by atoms with Crippen molar-refractivity contribution in [1.82, 2.24) is 0 Å². The first-order chi connectivity index (χ1) is 14.4. The molecule has 0 saturated heterocycles. The molecule has 0 heterocycles.